The van der Waals surface area contributed by atoms with Gasteiger partial charge in [0.2, 0.25) is 0 Å². The van der Waals surface area contributed by atoms with Crippen LogP contribution in [0.3, 0.4) is 0 Å². The van der Waals surface area contributed by atoms with Crippen LogP contribution in [0.5, 0.6) is 0 Å². The van der Waals surface area contributed by atoms with Crippen molar-refractivity contribution in [2.24, 2.45) is 0 Å². The van der Waals surface area contributed by atoms with E-state index in [2.05, 4.69) is 16.7 Å². The highest BCUT2D eigenvalue weighted by atomic mass is 14.9. The number of fused-ring (bicyclic) bond motifs is 1. The fraction of sp³-hybridized carbons (Fsp3) is 0.250. The van der Waals surface area contributed by atoms with E-state index in [1.54, 1.807) is 0 Å². The second-order valence-electron chi connectivity index (χ2n) is 3.59. The van der Waals surface area contributed by atoms with Crippen LogP contribution >= 0.6 is 0 Å². The molecule has 15 heavy (non-hydrogen) atoms. The number of hydrogen-bond donors (Lipinski definition) is 1. The van der Waals surface area contributed by atoms with Gasteiger partial charge in [0, 0.05) is 24.8 Å². The Morgan fingerprint density at radius 1 is 1.33 bits per heavy atom. The number of hydrogen-bond acceptors (Lipinski definition) is 2. The molecule has 3 heteroatoms. The Hall–Kier alpha value is -1.95. The molecule has 0 amide bonds. The first kappa shape index (κ1) is 9.60. The topological polar surface area (TPSA) is 54.7 Å². The number of unbranched alkanes of at least 4 members (excludes halogenated alkanes) is 1. The summed E-state index contributed by atoms with van der Waals surface area (Å²) in [4.78, 5) is 0. The van der Waals surface area contributed by atoms with Crippen LogP contribution in [0.25, 0.3) is 10.9 Å². The van der Waals surface area contributed by atoms with Crippen LogP contribution < -0.4 is 5.73 Å². The maximum Gasteiger partial charge on any atom is 0.0622 e. The number of nitriles is 1. The minimum absolute atomic E-state index is 0.599. The van der Waals surface area contributed by atoms with Crippen LogP contribution in [0.1, 0.15) is 12.8 Å². The van der Waals surface area contributed by atoms with Gasteiger partial charge in [0.1, 0.15) is 0 Å². The summed E-state index contributed by atoms with van der Waals surface area (Å²) in [5, 5.41) is 9.67. The number of aromatic nitrogens is 1. The van der Waals surface area contributed by atoms with Crippen molar-refractivity contribution in [1.82, 2.24) is 4.57 Å². The number of anilines is 1. The zero-order chi connectivity index (χ0) is 10.7. The Morgan fingerprint density at radius 3 is 3.00 bits per heavy atom. The second kappa shape index (κ2) is 4.05. The third-order valence-electron chi connectivity index (χ3n) is 2.49. The maximum absolute atomic E-state index is 8.47. The van der Waals surface area contributed by atoms with Gasteiger partial charge in [-0.25, -0.2) is 0 Å². The Bertz CT molecular complexity index is 505. The molecule has 2 aromatic rings. The summed E-state index contributed by atoms with van der Waals surface area (Å²) in [5.41, 5.74) is 7.67. The standard InChI is InChI=1S/C12H13N3/c13-6-1-2-7-15-8-5-10-3-4-11(14)9-12(10)15/h3-5,8-9H,1-2,7,14H2. The summed E-state index contributed by atoms with van der Waals surface area (Å²) in [6, 6.07) is 10.1. The van der Waals surface area contributed by atoms with Gasteiger partial charge < -0.3 is 10.3 Å². The molecule has 3 nitrogen and oxygen atoms in total. The third-order valence-corrected chi connectivity index (χ3v) is 2.49. The molecule has 0 aliphatic heterocycles. The lowest BCUT2D eigenvalue weighted by atomic mass is 10.2. The van der Waals surface area contributed by atoms with E-state index in [1.807, 2.05) is 24.4 Å². The molecule has 2 rings (SSSR count). The molecular weight excluding hydrogens is 186 g/mol. The lowest BCUT2D eigenvalue weighted by molar-refractivity contribution is 0.674. The summed E-state index contributed by atoms with van der Waals surface area (Å²) in [6.45, 7) is 0.876. The van der Waals surface area contributed by atoms with Crippen LogP contribution in [-0.2, 0) is 6.54 Å². The van der Waals surface area contributed by atoms with Crippen molar-refractivity contribution in [2.45, 2.75) is 19.4 Å². The lowest BCUT2D eigenvalue weighted by Crippen LogP contribution is -1.96. The van der Waals surface area contributed by atoms with Crippen molar-refractivity contribution in [3.63, 3.8) is 0 Å². The van der Waals surface area contributed by atoms with Crippen molar-refractivity contribution in [2.75, 3.05) is 5.73 Å². The predicted octanol–water partition coefficient (Wildman–Crippen LogP) is 2.53. The second-order valence-corrected chi connectivity index (χ2v) is 3.59. The van der Waals surface area contributed by atoms with Gasteiger partial charge in [-0.2, -0.15) is 5.26 Å². The average molecular weight is 199 g/mol. The lowest BCUT2D eigenvalue weighted by Gasteiger charge is -2.03. The molecule has 1 aromatic carbocycles. The van der Waals surface area contributed by atoms with E-state index < -0.39 is 0 Å². The van der Waals surface area contributed by atoms with Crippen LogP contribution in [0.4, 0.5) is 5.69 Å². The largest absolute Gasteiger partial charge is 0.399 e. The molecule has 0 unspecified atom stereocenters. The summed E-state index contributed by atoms with van der Waals surface area (Å²) in [6.07, 6.45) is 3.53. The molecule has 2 N–H and O–H groups in total. The van der Waals surface area contributed by atoms with E-state index in [0.717, 1.165) is 24.2 Å². The van der Waals surface area contributed by atoms with E-state index in [9.17, 15) is 0 Å². The smallest absolute Gasteiger partial charge is 0.0622 e. The van der Waals surface area contributed by atoms with Crippen molar-refractivity contribution in [3.05, 3.63) is 30.5 Å². The molecule has 0 fully saturated rings. The molecule has 0 saturated carbocycles. The average Bonchev–Trinajstić information content (AvgIpc) is 2.62. The van der Waals surface area contributed by atoms with Crippen molar-refractivity contribution in [1.29, 1.82) is 5.26 Å². The van der Waals surface area contributed by atoms with Crippen LogP contribution in [-0.4, -0.2) is 4.57 Å². The molecule has 1 heterocycles. The van der Waals surface area contributed by atoms with Gasteiger partial charge in [-0.15, -0.1) is 0 Å². The summed E-state index contributed by atoms with van der Waals surface area (Å²) < 4.78 is 2.14. The van der Waals surface area contributed by atoms with Gasteiger partial charge in [0.05, 0.1) is 11.6 Å². The van der Waals surface area contributed by atoms with E-state index in [0.29, 0.717) is 6.42 Å². The Morgan fingerprint density at radius 2 is 2.20 bits per heavy atom. The third kappa shape index (κ3) is 1.94. The molecule has 0 bridgehead atoms. The number of nitrogen functional groups attached to an aromatic ring is 1. The van der Waals surface area contributed by atoms with Gasteiger partial charge in [-0.3, -0.25) is 0 Å². The molecule has 0 saturated heterocycles. The fourth-order valence-corrected chi connectivity index (χ4v) is 1.72. The molecule has 0 aliphatic carbocycles. The number of nitrogens with zero attached hydrogens (tertiary/aromatic N) is 2. The van der Waals surface area contributed by atoms with Crippen molar-refractivity contribution in [3.8, 4) is 6.07 Å². The summed E-state index contributed by atoms with van der Waals surface area (Å²) in [5.74, 6) is 0. The van der Waals surface area contributed by atoms with E-state index in [1.165, 1.54) is 5.39 Å². The summed E-state index contributed by atoms with van der Waals surface area (Å²) in [7, 11) is 0. The van der Waals surface area contributed by atoms with Crippen molar-refractivity contribution < 1.29 is 0 Å². The SMILES string of the molecule is N#CCCCn1ccc2ccc(N)cc21. The Kier molecular flexibility index (Phi) is 2.59. The molecule has 0 aliphatic rings. The zero-order valence-electron chi connectivity index (χ0n) is 8.48. The zero-order valence-corrected chi connectivity index (χ0v) is 8.48. The number of rotatable bonds is 3. The first-order chi connectivity index (χ1) is 7.31. The van der Waals surface area contributed by atoms with E-state index in [4.69, 9.17) is 11.0 Å². The molecule has 1 aromatic heterocycles. The number of aryl methyl sites for hydroxylation is 1. The Balaban J connectivity index is 2.28. The van der Waals surface area contributed by atoms with Gasteiger partial charge in [-0.05, 0) is 30.0 Å². The molecule has 0 radical (unpaired) electrons. The normalized spacial score (nSPS) is 10.3. The highest BCUT2D eigenvalue weighted by Gasteiger charge is 2.00. The molecular formula is C12H13N3. The van der Waals surface area contributed by atoms with Crippen LogP contribution in [0, 0.1) is 11.3 Å². The van der Waals surface area contributed by atoms with Crippen LogP contribution in [0.15, 0.2) is 30.5 Å². The monoisotopic (exact) mass is 199 g/mol. The van der Waals surface area contributed by atoms with Gasteiger partial charge in [0.15, 0.2) is 0 Å². The quantitative estimate of drug-likeness (QED) is 0.610. The highest BCUT2D eigenvalue weighted by molar-refractivity contribution is 5.83. The van der Waals surface area contributed by atoms with Gasteiger partial charge >= 0.3 is 0 Å². The van der Waals surface area contributed by atoms with E-state index >= 15 is 0 Å². The van der Waals surface area contributed by atoms with Crippen molar-refractivity contribution >= 4 is 16.6 Å². The maximum atomic E-state index is 8.47. The van der Waals surface area contributed by atoms with Crippen LogP contribution in [0.2, 0.25) is 0 Å². The number of benzene rings is 1. The predicted molar refractivity (Wildman–Crippen MR) is 61.2 cm³/mol. The Labute approximate surface area is 88.7 Å². The fourth-order valence-electron chi connectivity index (χ4n) is 1.72. The minimum Gasteiger partial charge on any atom is -0.399 e. The molecule has 0 atom stereocenters. The number of nitrogens with two attached hydrogens (primary N) is 1. The van der Waals surface area contributed by atoms with Gasteiger partial charge in [0.25, 0.3) is 0 Å². The first-order valence-electron chi connectivity index (χ1n) is 5.02. The molecule has 76 valence electrons. The molecule has 0 spiro atoms. The van der Waals surface area contributed by atoms with E-state index in [-0.39, 0.29) is 0 Å². The summed E-state index contributed by atoms with van der Waals surface area (Å²) >= 11 is 0. The minimum atomic E-state index is 0.599. The first-order valence-corrected chi connectivity index (χ1v) is 5.02. The van der Waals surface area contributed by atoms with Gasteiger partial charge in [-0.1, -0.05) is 6.07 Å². The highest BCUT2D eigenvalue weighted by Crippen LogP contribution is 2.19.